The van der Waals surface area contributed by atoms with Gasteiger partial charge in [-0.3, -0.25) is 4.68 Å². The molecule has 1 aliphatic rings. The Bertz CT molecular complexity index is 380. The number of nitrogens with zero attached hydrogens (tertiary/aromatic N) is 2. The minimum absolute atomic E-state index is 0.158. The topological polar surface area (TPSA) is 56.5 Å². The first-order valence-corrected chi connectivity index (χ1v) is 5.91. The van der Waals surface area contributed by atoms with E-state index in [1.807, 2.05) is 0 Å². The van der Waals surface area contributed by atoms with Gasteiger partial charge in [0.15, 0.2) is 5.75 Å². The van der Waals surface area contributed by atoms with Crippen LogP contribution in [0.2, 0.25) is 0 Å². The average Bonchev–Trinajstić information content (AvgIpc) is 2.64. The second-order valence-corrected chi connectivity index (χ2v) is 4.68. The van der Waals surface area contributed by atoms with Crippen molar-refractivity contribution < 1.29 is 14.6 Å². The lowest BCUT2D eigenvalue weighted by Gasteiger charge is -2.41. The maximum absolute atomic E-state index is 10.3. The van der Waals surface area contributed by atoms with Crippen molar-refractivity contribution in [1.29, 1.82) is 0 Å². The van der Waals surface area contributed by atoms with E-state index in [1.165, 1.54) is 6.42 Å². The summed E-state index contributed by atoms with van der Waals surface area (Å²) in [6.45, 7) is 0. The van der Waals surface area contributed by atoms with Crippen molar-refractivity contribution in [2.75, 3.05) is 14.2 Å². The van der Waals surface area contributed by atoms with E-state index in [9.17, 15) is 5.11 Å². The average molecular weight is 240 g/mol. The largest absolute Gasteiger partial charge is 0.493 e. The predicted molar refractivity (Wildman–Crippen MR) is 62.9 cm³/mol. The predicted octanol–water partition coefficient (Wildman–Crippen LogP) is 1.42. The summed E-state index contributed by atoms with van der Waals surface area (Å²) in [6.07, 6.45) is 4.82. The molecule has 1 heterocycles. The highest BCUT2D eigenvalue weighted by atomic mass is 16.5. The third-order valence-electron chi connectivity index (χ3n) is 3.75. The summed E-state index contributed by atoms with van der Waals surface area (Å²) in [5, 5.41) is 14.4. The van der Waals surface area contributed by atoms with E-state index >= 15 is 0 Å². The second-order valence-electron chi connectivity index (χ2n) is 4.68. The number of aliphatic hydroxyl groups is 1. The number of hydrogen-bond acceptors (Lipinski definition) is 4. The van der Waals surface area contributed by atoms with Crippen molar-refractivity contribution in [2.24, 2.45) is 7.05 Å². The van der Waals surface area contributed by atoms with Gasteiger partial charge in [0.2, 0.25) is 0 Å². The Hall–Kier alpha value is -1.07. The van der Waals surface area contributed by atoms with E-state index in [0.717, 1.165) is 18.5 Å². The fourth-order valence-corrected chi connectivity index (χ4v) is 2.48. The zero-order valence-electron chi connectivity index (χ0n) is 10.6. The zero-order chi connectivity index (χ0) is 12.5. The van der Waals surface area contributed by atoms with Crippen molar-refractivity contribution in [2.45, 2.75) is 37.4 Å². The number of rotatable bonds is 5. The lowest BCUT2D eigenvalue weighted by atomic mass is 9.76. The molecule has 1 aromatic heterocycles. The fourth-order valence-electron chi connectivity index (χ4n) is 2.48. The summed E-state index contributed by atoms with van der Waals surface area (Å²) in [5.41, 5.74) is 0.560. The SMILES string of the molecule is COc1cnn(C)c1C(O)CC1(OC)CCC1. The quantitative estimate of drug-likeness (QED) is 0.845. The van der Waals surface area contributed by atoms with Gasteiger partial charge >= 0.3 is 0 Å². The number of aryl methyl sites for hydroxylation is 1. The molecule has 5 heteroatoms. The molecule has 0 bridgehead atoms. The minimum atomic E-state index is -0.599. The molecular weight excluding hydrogens is 220 g/mol. The second kappa shape index (κ2) is 4.66. The van der Waals surface area contributed by atoms with Gasteiger partial charge in [-0.2, -0.15) is 5.10 Å². The number of ether oxygens (including phenoxy) is 2. The Morgan fingerprint density at radius 3 is 2.71 bits per heavy atom. The first-order chi connectivity index (χ1) is 8.12. The summed E-state index contributed by atoms with van der Waals surface area (Å²) in [7, 11) is 5.11. The molecule has 1 aliphatic carbocycles. The molecule has 96 valence electrons. The maximum atomic E-state index is 10.3. The van der Waals surface area contributed by atoms with Gasteiger partial charge in [0.05, 0.1) is 18.9 Å². The molecule has 17 heavy (non-hydrogen) atoms. The van der Waals surface area contributed by atoms with Crippen LogP contribution in [-0.2, 0) is 11.8 Å². The van der Waals surface area contributed by atoms with Crippen LogP contribution < -0.4 is 4.74 Å². The molecule has 1 N–H and O–H groups in total. The third-order valence-corrected chi connectivity index (χ3v) is 3.75. The molecule has 0 amide bonds. The van der Waals surface area contributed by atoms with Gasteiger partial charge in [-0.25, -0.2) is 0 Å². The van der Waals surface area contributed by atoms with Crippen LogP contribution in [0.1, 0.15) is 37.5 Å². The third kappa shape index (κ3) is 2.17. The van der Waals surface area contributed by atoms with Crippen molar-refractivity contribution in [1.82, 2.24) is 9.78 Å². The van der Waals surface area contributed by atoms with Crippen LogP contribution in [-0.4, -0.2) is 34.7 Å². The maximum Gasteiger partial charge on any atom is 0.162 e. The van der Waals surface area contributed by atoms with Gasteiger partial charge in [0, 0.05) is 20.6 Å². The summed E-state index contributed by atoms with van der Waals surface area (Å²) in [4.78, 5) is 0. The molecular formula is C12H20N2O3. The molecule has 0 saturated heterocycles. The molecule has 0 aromatic carbocycles. The Morgan fingerprint density at radius 2 is 2.24 bits per heavy atom. The van der Waals surface area contributed by atoms with Crippen LogP contribution >= 0.6 is 0 Å². The zero-order valence-corrected chi connectivity index (χ0v) is 10.6. The van der Waals surface area contributed by atoms with Gasteiger partial charge in [-0.15, -0.1) is 0 Å². The molecule has 5 nitrogen and oxygen atoms in total. The van der Waals surface area contributed by atoms with Crippen LogP contribution in [0.3, 0.4) is 0 Å². The number of aromatic nitrogens is 2. The van der Waals surface area contributed by atoms with Crippen LogP contribution in [0.4, 0.5) is 0 Å². The number of methoxy groups -OCH3 is 2. The normalized spacial score (nSPS) is 19.8. The van der Waals surface area contributed by atoms with E-state index in [0.29, 0.717) is 12.2 Å². The van der Waals surface area contributed by atoms with Crippen molar-refractivity contribution in [3.63, 3.8) is 0 Å². The van der Waals surface area contributed by atoms with Crippen molar-refractivity contribution in [3.8, 4) is 5.75 Å². The van der Waals surface area contributed by atoms with Crippen LogP contribution in [0, 0.1) is 0 Å². The Morgan fingerprint density at radius 1 is 1.53 bits per heavy atom. The fraction of sp³-hybridized carbons (Fsp3) is 0.750. The lowest BCUT2D eigenvalue weighted by molar-refractivity contribution is -0.101. The summed E-state index contributed by atoms with van der Waals surface area (Å²) >= 11 is 0. The van der Waals surface area contributed by atoms with Crippen LogP contribution in [0.5, 0.6) is 5.75 Å². The number of aliphatic hydroxyl groups excluding tert-OH is 1. The molecule has 1 unspecified atom stereocenters. The highest BCUT2D eigenvalue weighted by molar-refractivity contribution is 5.27. The highest BCUT2D eigenvalue weighted by Crippen LogP contribution is 2.42. The Balaban J connectivity index is 2.13. The van der Waals surface area contributed by atoms with Gasteiger partial charge in [-0.05, 0) is 19.3 Å². The number of hydrogen-bond donors (Lipinski definition) is 1. The van der Waals surface area contributed by atoms with Gasteiger partial charge < -0.3 is 14.6 Å². The molecule has 2 rings (SSSR count). The van der Waals surface area contributed by atoms with Crippen LogP contribution in [0.25, 0.3) is 0 Å². The minimum Gasteiger partial charge on any atom is -0.493 e. The molecule has 1 atom stereocenters. The van der Waals surface area contributed by atoms with Gasteiger partial charge in [0.25, 0.3) is 0 Å². The van der Waals surface area contributed by atoms with Crippen molar-refractivity contribution in [3.05, 3.63) is 11.9 Å². The highest BCUT2D eigenvalue weighted by Gasteiger charge is 2.40. The first-order valence-electron chi connectivity index (χ1n) is 5.91. The Labute approximate surface area is 101 Å². The lowest BCUT2D eigenvalue weighted by Crippen LogP contribution is -2.40. The van der Waals surface area contributed by atoms with Crippen LogP contribution in [0.15, 0.2) is 6.20 Å². The van der Waals surface area contributed by atoms with E-state index in [-0.39, 0.29) is 5.60 Å². The summed E-state index contributed by atoms with van der Waals surface area (Å²) < 4.78 is 12.4. The Kier molecular flexibility index (Phi) is 3.40. The summed E-state index contributed by atoms with van der Waals surface area (Å²) in [6, 6.07) is 0. The van der Waals surface area contributed by atoms with Crippen molar-refractivity contribution >= 4 is 0 Å². The van der Waals surface area contributed by atoms with E-state index in [2.05, 4.69) is 5.10 Å². The van der Waals surface area contributed by atoms with E-state index in [4.69, 9.17) is 9.47 Å². The molecule has 0 aliphatic heterocycles. The summed E-state index contributed by atoms with van der Waals surface area (Å²) in [5.74, 6) is 0.630. The van der Waals surface area contributed by atoms with E-state index < -0.39 is 6.10 Å². The molecule has 1 fully saturated rings. The molecule has 0 spiro atoms. The smallest absolute Gasteiger partial charge is 0.162 e. The standard InChI is InChI=1S/C12H20N2O3/c1-14-11(10(16-2)8-13-14)9(15)7-12(17-3)5-4-6-12/h8-9,15H,4-7H2,1-3H3. The monoisotopic (exact) mass is 240 g/mol. The van der Waals surface area contributed by atoms with Gasteiger partial charge in [0.1, 0.15) is 11.8 Å². The molecule has 0 radical (unpaired) electrons. The molecule has 1 aromatic rings. The molecule has 1 saturated carbocycles. The van der Waals surface area contributed by atoms with Gasteiger partial charge in [-0.1, -0.05) is 0 Å². The van der Waals surface area contributed by atoms with E-state index in [1.54, 1.807) is 32.1 Å². The first kappa shape index (κ1) is 12.4.